The maximum absolute atomic E-state index is 9.85. The van der Waals surface area contributed by atoms with Gasteiger partial charge in [-0.2, -0.15) is 0 Å². The molecule has 530 valence electrons. The van der Waals surface area contributed by atoms with Gasteiger partial charge < -0.3 is 28.1 Å². The Morgan fingerprint density at radius 3 is 0.832 bits per heavy atom. The molecular weight excluding hydrogens is 1370 g/mol. The third kappa shape index (κ3) is 9.94. The molecule has 4 aromatic heterocycles. The Hall–Kier alpha value is -14.4. The highest BCUT2D eigenvalue weighted by Gasteiger charge is 2.45. The fourth-order valence-corrected chi connectivity index (χ4v) is 17.1. The Bertz CT molecular complexity index is 8750. The van der Waals surface area contributed by atoms with Gasteiger partial charge in [0.25, 0.3) is 6.71 Å². The molecule has 0 amide bonds. The lowest BCUT2D eigenvalue weighted by Crippen LogP contribution is -2.61. The Morgan fingerprint density at radius 2 is 0.513 bits per heavy atom. The normalized spacial score (nSPS) is 16.6. The molecule has 0 saturated carbocycles. The summed E-state index contributed by atoms with van der Waals surface area (Å²) < 4.78 is 302. The molecule has 0 spiro atoms. The van der Waals surface area contributed by atoms with Gasteiger partial charge in [0.1, 0.15) is 0 Å². The van der Waals surface area contributed by atoms with Gasteiger partial charge in [-0.3, -0.25) is 0 Å². The lowest BCUT2D eigenvalue weighted by Gasteiger charge is -2.46. The minimum Gasteiger partial charge on any atom is -0.311 e. The molecule has 0 radical (unpaired) electrons. The summed E-state index contributed by atoms with van der Waals surface area (Å²) in [7, 11) is 0. The van der Waals surface area contributed by atoms with E-state index in [9.17, 15) is 27.4 Å². The molecule has 23 rings (SSSR count). The first kappa shape index (κ1) is 40.3. The fraction of sp³-hybridized carbons (Fsp3) is 0.0377. The lowest BCUT2D eigenvalue weighted by atomic mass is 9.33. The number of hydrogen-bond donors (Lipinski definition) is 0. The Labute approximate surface area is 700 Å². The van der Waals surface area contributed by atoms with Crippen LogP contribution < -0.4 is 26.2 Å². The predicted octanol–water partition coefficient (Wildman–Crippen LogP) is 26.1. The molecule has 2 aliphatic heterocycles. The van der Waals surface area contributed by atoms with Crippen LogP contribution in [0.4, 0.5) is 34.1 Å². The zero-order chi connectivity index (χ0) is 103. The van der Waals surface area contributed by atoms with E-state index in [4.69, 9.17) is 16.4 Å². The van der Waals surface area contributed by atoms with Crippen LogP contribution in [-0.4, -0.2) is 25.0 Å². The smallest absolute Gasteiger partial charge is 0.252 e. The van der Waals surface area contributed by atoms with Crippen molar-refractivity contribution in [3.8, 4) is 67.3 Å². The van der Waals surface area contributed by atoms with E-state index in [1.54, 1.807) is 48.5 Å². The van der Waals surface area contributed by atoms with Gasteiger partial charge in [-0.05, 0) is 194 Å². The van der Waals surface area contributed by atoms with E-state index in [2.05, 4.69) is 42.7 Å². The van der Waals surface area contributed by atoms with Gasteiger partial charge >= 0.3 is 0 Å². The van der Waals surface area contributed by atoms with E-state index in [1.165, 1.54) is 18.3 Å². The molecule has 2 aliphatic rings. The number of fused-ring (bicyclic) bond motifs is 16. The van der Waals surface area contributed by atoms with Crippen molar-refractivity contribution >= 4 is 144 Å². The van der Waals surface area contributed by atoms with E-state index in [-0.39, 0.29) is 98.6 Å². The zero-order valence-corrected chi connectivity index (χ0v) is 60.2. The molecule has 17 aromatic carbocycles. The minimum atomic E-state index is -0.919. The second-order valence-electron chi connectivity index (χ2n) is 29.2. The van der Waals surface area contributed by atoms with Crippen LogP contribution in [-0.2, 0) is 5.41 Å². The molecule has 0 fully saturated rings. The highest BCUT2D eigenvalue weighted by molar-refractivity contribution is 7.00. The molecule has 0 saturated heterocycles. The monoisotopic (exact) mass is 1470 g/mol. The predicted molar refractivity (Wildman–Crippen MR) is 478 cm³/mol. The molecule has 6 heterocycles. The Balaban J connectivity index is 0.798. The number of benzene rings is 17. The van der Waals surface area contributed by atoms with Gasteiger partial charge in [0, 0.05) is 99.7 Å². The minimum absolute atomic E-state index is 0.0760. The first-order valence-corrected chi connectivity index (χ1v) is 36.7. The molecule has 6 nitrogen and oxygen atoms in total. The van der Waals surface area contributed by atoms with Crippen molar-refractivity contribution in [1.82, 2.24) is 18.3 Å². The fourth-order valence-electron chi connectivity index (χ4n) is 17.1. The highest BCUT2D eigenvalue weighted by atomic mass is 15.2. The third-order valence-corrected chi connectivity index (χ3v) is 22.1. The number of aromatic nitrogens is 4. The summed E-state index contributed by atoms with van der Waals surface area (Å²) in [5.41, 5.74) is 9.58. The average Bonchev–Trinajstić information content (AvgIpc) is 1.61. The summed E-state index contributed by atoms with van der Waals surface area (Å²) in [6.07, 6.45) is 0. The maximum atomic E-state index is 9.85. The van der Waals surface area contributed by atoms with Crippen molar-refractivity contribution in [2.75, 3.05) is 9.80 Å². The van der Waals surface area contributed by atoms with Crippen LogP contribution in [0, 0.1) is 0 Å². The van der Waals surface area contributed by atoms with E-state index in [0.717, 1.165) is 5.56 Å². The van der Waals surface area contributed by atoms with Crippen LogP contribution in [0.5, 0.6) is 0 Å². The number of anilines is 6. The molecular formula is C106H73BN6. The Kier molecular flexibility index (Phi) is 8.95. The van der Waals surface area contributed by atoms with Gasteiger partial charge in [0.05, 0.1) is 99.4 Å². The van der Waals surface area contributed by atoms with Crippen molar-refractivity contribution < 1.29 is 43.9 Å². The first-order chi connectivity index (χ1) is 69.0. The second-order valence-corrected chi connectivity index (χ2v) is 29.2. The molecule has 0 unspecified atom stereocenters. The van der Waals surface area contributed by atoms with Gasteiger partial charge in [-0.15, -0.1) is 0 Å². The van der Waals surface area contributed by atoms with E-state index in [1.807, 2.05) is 133 Å². The summed E-state index contributed by atoms with van der Waals surface area (Å²) in [4.78, 5) is 4.19. The largest absolute Gasteiger partial charge is 0.311 e. The molecule has 0 N–H and O–H groups in total. The SMILES string of the molecule is [2H]c1c([2H])c([2H])c2c(c1[2H])c1c([2H])c([2H])c([2H])c([2H])c1n2-c1cccc(-c2cccc(-c3ccccc3N3c4cc(-n5c6c([2H])c([2H])c([2H])c([2H])c6c6c([2H])c([2H])c([2H])c([2H])c65)ccc4B4c5ccc(-n6c7c([2H])c([2H])c([2H])c([2H])c7c7c([2H])c([2H])c([2H])c([2H])c76)cc5N(c5ccccc5-c5cccc(-c6cccc(-n7c8c([2H])c([2H])c([2H])c([2H])c8c8c([2H])c([2H])c([2H])c([2H])c87)c6)c5)c5cc(C(C)(C)C)cc3c54)c2)c1. The quantitative estimate of drug-likeness (QED) is 0.128. The van der Waals surface area contributed by atoms with Gasteiger partial charge in [0.15, 0.2) is 0 Å². The van der Waals surface area contributed by atoms with Crippen molar-refractivity contribution in [3.63, 3.8) is 0 Å². The summed E-state index contributed by atoms with van der Waals surface area (Å²) in [6, 6.07) is 41.3. The summed E-state index contributed by atoms with van der Waals surface area (Å²) >= 11 is 0. The standard InChI is InChI=1S/C106H73BN6/c1-106(2,3)74-64-103-105-104(65-74)113(92-47-15-5-37-80(92)73-33-25-29-69(61-73)71-31-27-35-76(63-71)109-95-50-18-8-40-83(95)84-41-9-19-51-96(84)109)102-67-78(111-99-54-22-12-44-87(99)88-45-13-23-55-100(88)111)57-59-90(102)107(105)89-58-56-77(110-97-52-20-10-42-85(97)86-43-11-21-53-98(86)110)66-101(89)112(103)91-46-14-4-36-79(91)72-32-24-28-68(60-72)70-30-26-34-75(62-70)108-93-48-16-6-38-81(93)82-39-7-17-49-94(82)108/h4-67H,1-3H3/i6D,7D,8D,9D,10D,11D,12D,13D,16D,17D,18D,19D,20D,21D,22D,23D,38D,39D,40D,41D,42D,43D,44D,45D,48D,49D,50D,51D,52D,53D,54D,55D. The average molecular weight is 1470 g/mol. The first-order valence-electron chi connectivity index (χ1n) is 52.7. The van der Waals surface area contributed by atoms with Crippen LogP contribution in [0.1, 0.15) is 70.2 Å². The number of para-hydroxylation sites is 10. The molecule has 0 bridgehead atoms. The van der Waals surface area contributed by atoms with Crippen molar-refractivity contribution in [2.45, 2.75) is 26.2 Å². The van der Waals surface area contributed by atoms with E-state index >= 15 is 0 Å². The molecule has 21 aromatic rings. The van der Waals surface area contributed by atoms with E-state index in [0.29, 0.717) is 106 Å². The molecule has 0 aliphatic carbocycles. The summed E-state index contributed by atoms with van der Waals surface area (Å²) in [5, 5.41) is -1.09. The van der Waals surface area contributed by atoms with Crippen molar-refractivity contribution in [1.29, 1.82) is 0 Å². The summed E-state index contributed by atoms with van der Waals surface area (Å²) in [5.74, 6) is 0. The van der Waals surface area contributed by atoms with Crippen LogP contribution in [0.2, 0.25) is 0 Å². The molecule has 113 heavy (non-hydrogen) atoms. The van der Waals surface area contributed by atoms with Crippen molar-refractivity contribution in [2.24, 2.45) is 0 Å². The summed E-state index contributed by atoms with van der Waals surface area (Å²) in [6.45, 7) is 5.23. The highest BCUT2D eigenvalue weighted by Crippen LogP contribution is 2.52. The number of hydrogen-bond acceptors (Lipinski definition) is 2. The van der Waals surface area contributed by atoms with Gasteiger partial charge in [-0.1, -0.05) is 275 Å². The van der Waals surface area contributed by atoms with Crippen LogP contribution in [0.15, 0.2) is 387 Å². The van der Waals surface area contributed by atoms with Gasteiger partial charge in [-0.25, -0.2) is 0 Å². The maximum Gasteiger partial charge on any atom is 0.252 e. The number of nitrogens with zero attached hydrogens (tertiary/aromatic N) is 6. The second kappa shape index (κ2) is 25.1. The molecule has 0 atom stereocenters. The van der Waals surface area contributed by atoms with Crippen LogP contribution >= 0.6 is 0 Å². The third-order valence-electron chi connectivity index (χ3n) is 22.1. The molecule has 7 heteroatoms. The van der Waals surface area contributed by atoms with Crippen molar-refractivity contribution in [3.05, 3.63) is 393 Å². The van der Waals surface area contributed by atoms with Gasteiger partial charge in [0.2, 0.25) is 0 Å². The number of rotatable bonds is 10. The van der Waals surface area contributed by atoms with E-state index < -0.39 is 205 Å². The lowest BCUT2D eigenvalue weighted by molar-refractivity contribution is 0.590. The zero-order valence-electron chi connectivity index (χ0n) is 92.2. The van der Waals surface area contributed by atoms with Crippen LogP contribution in [0.3, 0.4) is 0 Å². The van der Waals surface area contributed by atoms with Crippen LogP contribution in [0.25, 0.3) is 154 Å². The Morgan fingerprint density at radius 1 is 0.239 bits per heavy atom. The topological polar surface area (TPSA) is 26.2 Å².